The molecule has 0 spiro atoms. The highest BCUT2D eigenvalue weighted by Crippen LogP contribution is 2.35. The molecule has 0 atom stereocenters. The predicted octanol–water partition coefficient (Wildman–Crippen LogP) is -0.278. The van der Waals surface area contributed by atoms with E-state index in [4.69, 9.17) is 5.11 Å². The maximum absolute atomic E-state index is 11.6. The number of hydrogen-bond donors (Lipinski definition) is 3. The van der Waals surface area contributed by atoms with Crippen molar-refractivity contribution >= 4 is 11.9 Å². The number of carbonyl (C=O) groups is 2. The lowest BCUT2D eigenvalue weighted by Crippen LogP contribution is -2.43. The molecule has 1 saturated carbocycles. The second kappa shape index (κ2) is 3.48. The zero-order chi connectivity index (χ0) is 11.8. The van der Waals surface area contributed by atoms with Gasteiger partial charge < -0.3 is 15.4 Å². The third-order valence-corrected chi connectivity index (χ3v) is 2.53. The standard InChI is InChI=1S/C10H10N2O4/c13-7-3-1-2-6(11-7)8(14)12-10(4-5-10)9(15)16/h1-3H,4-5H2,(H,11,13)(H,12,14)(H,15,16). The monoisotopic (exact) mass is 222 g/mol. The molecule has 2 rings (SSSR count). The number of carboxylic acids is 1. The summed E-state index contributed by atoms with van der Waals surface area (Å²) in [6.45, 7) is 0. The first-order chi connectivity index (χ1) is 7.53. The van der Waals surface area contributed by atoms with Crippen molar-refractivity contribution in [2.75, 3.05) is 0 Å². The van der Waals surface area contributed by atoms with E-state index in [1.807, 2.05) is 0 Å². The van der Waals surface area contributed by atoms with Gasteiger partial charge in [0.25, 0.3) is 5.91 Å². The van der Waals surface area contributed by atoms with Crippen LogP contribution in [0, 0.1) is 0 Å². The van der Waals surface area contributed by atoms with Crippen LogP contribution in [0.5, 0.6) is 0 Å². The van der Waals surface area contributed by atoms with Crippen molar-refractivity contribution in [1.29, 1.82) is 0 Å². The molecule has 0 saturated heterocycles. The summed E-state index contributed by atoms with van der Waals surface area (Å²) in [5.41, 5.74) is -1.46. The average Bonchev–Trinajstić information content (AvgIpc) is 2.99. The van der Waals surface area contributed by atoms with Crippen molar-refractivity contribution in [1.82, 2.24) is 10.3 Å². The molecule has 1 fully saturated rings. The van der Waals surface area contributed by atoms with E-state index < -0.39 is 23.0 Å². The molecule has 6 heteroatoms. The van der Waals surface area contributed by atoms with Crippen molar-refractivity contribution in [3.05, 3.63) is 34.2 Å². The summed E-state index contributed by atoms with van der Waals surface area (Å²) in [4.78, 5) is 35.7. The van der Waals surface area contributed by atoms with Gasteiger partial charge in [0.05, 0.1) is 0 Å². The van der Waals surface area contributed by atoms with Gasteiger partial charge in [-0.1, -0.05) is 6.07 Å². The molecule has 6 nitrogen and oxygen atoms in total. The van der Waals surface area contributed by atoms with Crippen LogP contribution in [-0.4, -0.2) is 27.5 Å². The number of carboxylic acid groups (broad SMARTS) is 1. The van der Waals surface area contributed by atoms with Gasteiger partial charge in [0, 0.05) is 6.07 Å². The van der Waals surface area contributed by atoms with E-state index in [0.29, 0.717) is 12.8 Å². The fourth-order valence-electron chi connectivity index (χ4n) is 1.38. The predicted molar refractivity (Wildman–Crippen MR) is 54.1 cm³/mol. The fraction of sp³-hybridized carbons (Fsp3) is 0.300. The summed E-state index contributed by atoms with van der Waals surface area (Å²) in [5.74, 6) is -1.61. The second-order valence-electron chi connectivity index (χ2n) is 3.77. The normalized spacial score (nSPS) is 16.5. The summed E-state index contributed by atoms with van der Waals surface area (Å²) in [6, 6.07) is 4.14. The van der Waals surface area contributed by atoms with Crippen molar-refractivity contribution in [3.8, 4) is 0 Å². The number of aliphatic carboxylic acids is 1. The lowest BCUT2D eigenvalue weighted by molar-refractivity contribution is -0.140. The zero-order valence-electron chi connectivity index (χ0n) is 8.32. The van der Waals surface area contributed by atoms with E-state index in [-0.39, 0.29) is 5.69 Å². The molecule has 0 aromatic carbocycles. The first-order valence-electron chi connectivity index (χ1n) is 4.79. The molecule has 1 aliphatic carbocycles. The van der Waals surface area contributed by atoms with Gasteiger partial charge >= 0.3 is 5.97 Å². The van der Waals surface area contributed by atoms with Crippen LogP contribution in [0.25, 0.3) is 0 Å². The molecule has 84 valence electrons. The minimum atomic E-state index is -1.14. The van der Waals surface area contributed by atoms with E-state index in [2.05, 4.69) is 10.3 Å². The lowest BCUT2D eigenvalue weighted by Gasteiger charge is -2.11. The van der Waals surface area contributed by atoms with Gasteiger partial charge in [0.1, 0.15) is 11.2 Å². The number of hydrogen-bond acceptors (Lipinski definition) is 3. The van der Waals surface area contributed by atoms with Crippen LogP contribution in [0.1, 0.15) is 23.3 Å². The average molecular weight is 222 g/mol. The van der Waals surface area contributed by atoms with Crippen molar-refractivity contribution in [2.24, 2.45) is 0 Å². The first kappa shape index (κ1) is 10.4. The molecule has 1 heterocycles. The molecule has 0 radical (unpaired) electrons. The zero-order valence-corrected chi connectivity index (χ0v) is 8.32. The Morgan fingerprint density at radius 2 is 2.06 bits per heavy atom. The Morgan fingerprint density at radius 3 is 2.56 bits per heavy atom. The van der Waals surface area contributed by atoms with Crippen molar-refractivity contribution in [2.45, 2.75) is 18.4 Å². The highest BCUT2D eigenvalue weighted by atomic mass is 16.4. The lowest BCUT2D eigenvalue weighted by atomic mass is 10.2. The Morgan fingerprint density at radius 1 is 1.38 bits per heavy atom. The molecule has 0 aliphatic heterocycles. The third kappa shape index (κ3) is 1.81. The number of nitrogens with one attached hydrogen (secondary N) is 2. The molecular weight excluding hydrogens is 212 g/mol. The molecule has 0 bridgehead atoms. The number of aromatic amines is 1. The Hall–Kier alpha value is -2.11. The topological polar surface area (TPSA) is 99.3 Å². The van der Waals surface area contributed by atoms with Gasteiger partial charge in [-0.15, -0.1) is 0 Å². The van der Waals surface area contributed by atoms with Crippen LogP contribution in [0.2, 0.25) is 0 Å². The molecule has 0 unspecified atom stereocenters. The number of H-pyrrole nitrogens is 1. The van der Waals surface area contributed by atoms with Gasteiger partial charge in [-0.05, 0) is 18.9 Å². The third-order valence-electron chi connectivity index (χ3n) is 2.53. The van der Waals surface area contributed by atoms with E-state index in [9.17, 15) is 14.4 Å². The van der Waals surface area contributed by atoms with Gasteiger partial charge in [-0.25, -0.2) is 4.79 Å². The van der Waals surface area contributed by atoms with Gasteiger partial charge in [0.2, 0.25) is 5.56 Å². The molecule has 1 aromatic rings. The van der Waals surface area contributed by atoms with Gasteiger partial charge in [0.15, 0.2) is 0 Å². The number of rotatable bonds is 3. The van der Waals surface area contributed by atoms with Crippen LogP contribution in [0.3, 0.4) is 0 Å². The largest absolute Gasteiger partial charge is 0.480 e. The van der Waals surface area contributed by atoms with Crippen LogP contribution in [0.15, 0.2) is 23.0 Å². The summed E-state index contributed by atoms with van der Waals surface area (Å²) in [5, 5.41) is 11.3. The minimum absolute atomic E-state index is 0.0695. The fourth-order valence-corrected chi connectivity index (χ4v) is 1.38. The Labute approximate surface area is 90.3 Å². The summed E-state index contributed by atoms with van der Waals surface area (Å²) >= 11 is 0. The van der Waals surface area contributed by atoms with Crippen LogP contribution >= 0.6 is 0 Å². The highest BCUT2D eigenvalue weighted by Gasteiger charge is 2.51. The van der Waals surface area contributed by atoms with Crippen LogP contribution in [0.4, 0.5) is 0 Å². The van der Waals surface area contributed by atoms with E-state index in [1.54, 1.807) is 0 Å². The summed E-state index contributed by atoms with van der Waals surface area (Å²) in [6.07, 6.45) is 0.844. The molecule has 1 amide bonds. The quantitative estimate of drug-likeness (QED) is 0.655. The van der Waals surface area contributed by atoms with Crippen molar-refractivity contribution < 1.29 is 14.7 Å². The summed E-state index contributed by atoms with van der Waals surface area (Å²) in [7, 11) is 0. The number of amides is 1. The second-order valence-corrected chi connectivity index (χ2v) is 3.77. The smallest absolute Gasteiger partial charge is 0.329 e. The molecule has 3 N–H and O–H groups in total. The maximum atomic E-state index is 11.6. The minimum Gasteiger partial charge on any atom is -0.480 e. The first-order valence-corrected chi connectivity index (χ1v) is 4.79. The maximum Gasteiger partial charge on any atom is 0.329 e. The molecule has 1 aromatic heterocycles. The molecule has 1 aliphatic rings. The SMILES string of the molecule is O=C(NC1(C(=O)O)CC1)c1cccc(=O)[nH]1. The van der Waals surface area contributed by atoms with Gasteiger partial charge in [-0.2, -0.15) is 0 Å². The van der Waals surface area contributed by atoms with Crippen LogP contribution in [-0.2, 0) is 4.79 Å². The van der Waals surface area contributed by atoms with E-state index in [0.717, 1.165) is 0 Å². The summed E-state index contributed by atoms with van der Waals surface area (Å²) < 4.78 is 0. The number of carbonyl (C=O) groups excluding carboxylic acids is 1. The Bertz CT molecular complexity index is 502. The molecular formula is C10H10N2O4. The van der Waals surface area contributed by atoms with E-state index in [1.165, 1.54) is 18.2 Å². The van der Waals surface area contributed by atoms with Gasteiger partial charge in [-0.3, -0.25) is 9.59 Å². The Balaban J connectivity index is 2.15. The number of pyridine rings is 1. The van der Waals surface area contributed by atoms with Crippen LogP contribution < -0.4 is 10.9 Å². The van der Waals surface area contributed by atoms with Crippen molar-refractivity contribution in [3.63, 3.8) is 0 Å². The Kier molecular flexibility index (Phi) is 2.26. The molecule has 16 heavy (non-hydrogen) atoms. The van der Waals surface area contributed by atoms with E-state index >= 15 is 0 Å². The highest BCUT2D eigenvalue weighted by molar-refractivity contribution is 5.97. The number of aromatic nitrogens is 1.